The highest BCUT2D eigenvalue weighted by atomic mass is 16.5. The fourth-order valence-electron chi connectivity index (χ4n) is 2.49. The van der Waals surface area contributed by atoms with Crippen LogP contribution in [-0.4, -0.2) is 19.0 Å². The Kier molecular flexibility index (Phi) is 4.83. The average Bonchev–Trinajstić information content (AvgIpc) is 2.43. The molecular weight excluding hydrogens is 240 g/mol. The zero-order chi connectivity index (χ0) is 13.7. The summed E-state index contributed by atoms with van der Waals surface area (Å²) in [5.41, 5.74) is 0.619. The molecule has 0 atom stereocenters. The number of hydrogen-bond donors (Lipinski definition) is 0. The molecule has 1 fully saturated rings. The van der Waals surface area contributed by atoms with E-state index in [0.717, 1.165) is 30.8 Å². The second-order valence-electron chi connectivity index (χ2n) is 5.26. The van der Waals surface area contributed by atoms with Crippen LogP contribution in [0.15, 0.2) is 18.2 Å². The summed E-state index contributed by atoms with van der Waals surface area (Å²) in [6.07, 6.45) is 5.75. The van der Waals surface area contributed by atoms with Crippen molar-refractivity contribution in [3.63, 3.8) is 0 Å². The van der Waals surface area contributed by atoms with Gasteiger partial charge in [0.1, 0.15) is 6.29 Å². The van der Waals surface area contributed by atoms with Gasteiger partial charge in [0.15, 0.2) is 11.5 Å². The van der Waals surface area contributed by atoms with E-state index < -0.39 is 0 Å². The topological polar surface area (TPSA) is 35.5 Å². The Morgan fingerprint density at radius 1 is 1.21 bits per heavy atom. The van der Waals surface area contributed by atoms with Gasteiger partial charge in [-0.2, -0.15) is 0 Å². The third-order valence-electron chi connectivity index (χ3n) is 3.66. The van der Waals surface area contributed by atoms with E-state index in [1.807, 2.05) is 13.0 Å². The van der Waals surface area contributed by atoms with E-state index >= 15 is 0 Å². The number of ether oxygens (including phenoxy) is 2. The number of carbonyl (C=O) groups is 1. The Morgan fingerprint density at radius 3 is 2.58 bits per heavy atom. The first kappa shape index (κ1) is 13.9. The molecule has 1 aliphatic carbocycles. The minimum Gasteiger partial charge on any atom is -0.490 e. The first-order valence-electron chi connectivity index (χ1n) is 7.11. The van der Waals surface area contributed by atoms with E-state index in [1.165, 1.54) is 12.8 Å². The van der Waals surface area contributed by atoms with Crippen molar-refractivity contribution in [2.75, 3.05) is 6.61 Å². The van der Waals surface area contributed by atoms with Crippen LogP contribution in [0.25, 0.3) is 0 Å². The normalized spacial score (nSPS) is 22.8. The van der Waals surface area contributed by atoms with Crippen LogP contribution in [0.2, 0.25) is 0 Å². The Bertz CT molecular complexity index is 420. The number of aldehydes is 1. The molecule has 104 valence electrons. The zero-order valence-corrected chi connectivity index (χ0v) is 11.7. The molecule has 19 heavy (non-hydrogen) atoms. The molecule has 0 heterocycles. The molecule has 3 heteroatoms. The standard InChI is InChI=1S/C16H22O3/c1-3-18-16-10-13(11-17)6-9-15(16)19-14-7-4-12(2)5-8-14/h6,9-12,14H,3-5,7-8H2,1-2H3. The van der Waals surface area contributed by atoms with Crippen molar-refractivity contribution in [1.29, 1.82) is 0 Å². The van der Waals surface area contributed by atoms with Crippen LogP contribution in [0, 0.1) is 5.92 Å². The maximum Gasteiger partial charge on any atom is 0.161 e. The summed E-state index contributed by atoms with van der Waals surface area (Å²) >= 11 is 0. The average molecular weight is 262 g/mol. The summed E-state index contributed by atoms with van der Waals surface area (Å²) in [6, 6.07) is 5.36. The Morgan fingerprint density at radius 2 is 1.95 bits per heavy atom. The second-order valence-corrected chi connectivity index (χ2v) is 5.26. The van der Waals surface area contributed by atoms with E-state index in [2.05, 4.69) is 6.92 Å². The lowest BCUT2D eigenvalue weighted by Gasteiger charge is -2.27. The van der Waals surface area contributed by atoms with E-state index in [9.17, 15) is 4.79 Å². The summed E-state index contributed by atoms with van der Waals surface area (Å²) in [4.78, 5) is 10.8. The summed E-state index contributed by atoms with van der Waals surface area (Å²) in [5.74, 6) is 2.24. The number of benzene rings is 1. The number of rotatable bonds is 5. The molecule has 3 nitrogen and oxygen atoms in total. The molecule has 0 unspecified atom stereocenters. The van der Waals surface area contributed by atoms with Crippen LogP contribution in [0.5, 0.6) is 11.5 Å². The first-order valence-corrected chi connectivity index (χ1v) is 7.11. The first-order chi connectivity index (χ1) is 9.22. The maximum atomic E-state index is 10.8. The Hall–Kier alpha value is -1.51. The molecule has 1 aromatic carbocycles. The third kappa shape index (κ3) is 3.72. The van der Waals surface area contributed by atoms with Gasteiger partial charge in [-0.1, -0.05) is 6.92 Å². The van der Waals surface area contributed by atoms with Crippen LogP contribution >= 0.6 is 0 Å². The predicted molar refractivity (Wildman–Crippen MR) is 75.0 cm³/mol. The van der Waals surface area contributed by atoms with E-state index in [0.29, 0.717) is 17.9 Å². The van der Waals surface area contributed by atoms with Crippen molar-refractivity contribution >= 4 is 6.29 Å². The lowest BCUT2D eigenvalue weighted by atomic mass is 9.89. The molecule has 0 bridgehead atoms. The van der Waals surface area contributed by atoms with Gasteiger partial charge >= 0.3 is 0 Å². The van der Waals surface area contributed by atoms with Crippen LogP contribution in [0.1, 0.15) is 49.9 Å². The number of carbonyl (C=O) groups excluding carboxylic acids is 1. The highest BCUT2D eigenvalue weighted by molar-refractivity contribution is 5.76. The molecule has 0 radical (unpaired) electrons. The smallest absolute Gasteiger partial charge is 0.161 e. The van der Waals surface area contributed by atoms with Crippen LogP contribution < -0.4 is 9.47 Å². The minimum atomic E-state index is 0.275. The van der Waals surface area contributed by atoms with Crippen molar-refractivity contribution in [1.82, 2.24) is 0 Å². The molecule has 0 amide bonds. The second kappa shape index (κ2) is 6.60. The van der Waals surface area contributed by atoms with Gasteiger partial charge < -0.3 is 9.47 Å². The monoisotopic (exact) mass is 262 g/mol. The van der Waals surface area contributed by atoms with Gasteiger partial charge in [-0.3, -0.25) is 4.79 Å². The van der Waals surface area contributed by atoms with Crippen molar-refractivity contribution in [3.8, 4) is 11.5 Å². The zero-order valence-electron chi connectivity index (χ0n) is 11.7. The molecule has 0 aliphatic heterocycles. The minimum absolute atomic E-state index is 0.275. The lowest BCUT2D eigenvalue weighted by Crippen LogP contribution is -2.23. The van der Waals surface area contributed by atoms with Gasteiger partial charge in [-0.25, -0.2) is 0 Å². The van der Waals surface area contributed by atoms with Crippen molar-refractivity contribution < 1.29 is 14.3 Å². The van der Waals surface area contributed by atoms with Crippen LogP contribution in [0.4, 0.5) is 0 Å². The highest BCUT2D eigenvalue weighted by Gasteiger charge is 2.20. The van der Waals surface area contributed by atoms with E-state index in [1.54, 1.807) is 12.1 Å². The van der Waals surface area contributed by atoms with Gasteiger partial charge in [0.25, 0.3) is 0 Å². The van der Waals surface area contributed by atoms with Crippen molar-refractivity contribution in [2.45, 2.75) is 45.6 Å². The van der Waals surface area contributed by atoms with Gasteiger partial charge in [0, 0.05) is 5.56 Å². The van der Waals surface area contributed by atoms with Crippen LogP contribution in [0.3, 0.4) is 0 Å². The molecule has 2 rings (SSSR count). The number of hydrogen-bond acceptors (Lipinski definition) is 3. The molecule has 1 saturated carbocycles. The highest BCUT2D eigenvalue weighted by Crippen LogP contribution is 2.33. The summed E-state index contributed by atoms with van der Waals surface area (Å²) in [7, 11) is 0. The predicted octanol–water partition coefficient (Wildman–Crippen LogP) is 3.86. The van der Waals surface area contributed by atoms with Gasteiger partial charge in [-0.15, -0.1) is 0 Å². The van der Waals surface area contributed by atoms with Gasteiger partial charge in [0.05, 0.1) is 12.7 Å². The Balaban J connectivity index is 2.08. The molecule has 0 N–H and O–H groups in total. The molecular formula is C16H22O3. The molecule has 1 aromatic rings. The van der Waals surface area contributed by atoms with Gasteiger partial charge in [-0.05, 0) is 56.7 Å². The molecule has 1 aliphatic rings. The lowest BCUT2D eigenvalue weighted by molar-refractivity contribution is 0.112. The fourth-order valence-corrected chi connectivity index (χ4v) is 2.49. The third-order valence-corrected chi connectivity index (χ3v) is 3.66. The van der Waals surface area contributed by atoms with Crippen molar-refractivity contribution in [2.24, 2.45) is 5.92 Å². The maximum absolute atomic E-state index is 10.8. The largest absolute Gasteiger partial charge is 0.490 e. The molecule has 0 saturated heterocycles. The summed E-state index contributed by atoms with van der Waals surface area (Å²) in [5, 5.41) is 0. The quantitative estimate of drug-likeness (QED) is 0.756. The SMILES string of the molecule is CCOc1cc(C=O)ccc1OC1CCC(C)CC1. The van der Waals surface area contributed by atoms with E-state index in [4.69, 9.17) is 9.47 Å². The fraction of sp³-hybridized carbons (Fsp3) is 0.562. The molecule has 0 spiro atoms. The summed E-state index contributed by atoms with van der Waals surface area (Å²) in [6.45, 7) is 4.79. The van der Waals surface area contributed by atoms with Crippen molar-refractivity contribution in [3.05, 3.63) is 23.8 Å². The van der Waals surface area contributed by atoms with E-state index in [-0.39, 0.29) is 6.10 Å². The summed E-state index contributed by atoms with van der Waals surface area (Å²) < 4.78 is 11.6. The molecule has 0 aromatic heterocycles. The van der Waals surface area contributed by atoms with Crippen LogP contribution in [-0.2, 0) is 0 Å². The Labute approximate surface area is 114 Å². The van der Waals surface area contributed by atoms with Gasteiger partial charge in [0.2, 0.25) is 0 Å².